The minimum atomic E-state index is -3.77. The summed E-state index contributed by atoms with van der Waals surface area (Å²) >= 11 is 5.50. The van der Waals surface area contributed by atoms with Crippen molar-refractivity contribution < 1.29 is 22.7 Å². The fourth-order valence-corrected chi connectivity index (χ4v) is 4.49. The van der Waals surface area contributed by atoms with Gasteiger partial charge in [-0.2, -0.15) is 0 Å². The zero-order chi connectivity index (χ0) is 24.2. The number of methoxy groups -OCH3 is 1. The molecule has 1 fully saturated rings. The largest absolute Gasteiger partial charge is 0.497 e. The average Bonchev–Trinajstić information content (AvgIpc) is 3.07. The van der Waals surface area contributed by atoms with Crippen LogP contribution in [-0.2, 0) is 26.0 Å². The molecule has 176 valence electrons. The van der Waals surface area contributed by atoms with E-state index in [4.69, 9.17) is 22.1 Å². The second-order valence-electron chi connectivity index (χ2n) is 7.45. The Kier molecular flexibility index (Phi) is 7.67. The number of hydrogen-bond donors (Lipinski definition) is 2. The Balaban J connectivity index is 1.79. The first-order chi connectivity index (χ1) is 15.7. The fourth-order valence-electron chi connectivity index (χ4n) is 3.61. The van der Waals surface area contributed by atoms with Crippen LogP contribution in [0.5, 0.6) is 5.75 Å². The maximum Gasteiger partial charge on any atom is 0.257 e. The zero-order valence-corrected chi connectivity index (χ0v) is 20.0. The number of carbonyl (C=O) groups is 2. The highest BCUT2D eigenvalue weighted by Gasteiger charge is 2.43. The highest BCUT2D eigenvalue weighted by Crippen LogP contribution is 2.27. The Morgan fingerprint density at radius 3 is 2.36 bits per heavy atom. The van der Waals surface area contributed by atoms with E-state index >= 15 is 0 Å². The number of imide groups is 1. The molecule has 9 nitrogen and oxygen atoms in total. The van der Waals surface area contributed by atoms with E-state index in [-0.39, 0.29) is 23.1 Å². The van der Waals surface area contributed by atoms with Gasteiger partial charge >= 0.3 is 0 Å². The van der Waals surface area contributed by atoms with E-state index < -0.39 is 16.1 Å². The van der Waals surface area contributed by atoms with Crippen LogP contribution in [0.4, 0.5) is 5.69 Å². The topological polar surface area (TPSA) is 122 Å². The van der Waals surface area contributed by atoms with Crippen molar-refractivity contribution in [3.8, 4) is 5.75 Å². The smallest absolute Gasteiger partial charge is 0.257 e. The van der Waals surface area contributed by atoms with Crippen LogP contribution < -0.4 is 20.1 Å². The van der Waals surface area contributed by atoms with Crippen molar-refractivity contribution >= 4 is 44.9 Å². The maximum atomic E-state index is 13.3. The molecule has 1 unspecified atom stereocenters. The lowest BCUT2D eigenvalue weighted by Gasteiger charge is -2.30. The number of benzene rings is 2. The summed E-state index contributed by atoms with van der Waals surface area (Å²) in [5.41, 5.74) is 1.32. The number of rotatable bonds is 8. The number of sulfonamides is 1. The van der Waals surface area contributed by atoms with E-state index in [1.54, 1.807) is 48.4 Å². The van der Waals surface area contributed by atoms with E-state index in [0.29, 0.717) is 36.1 Å². The van der Waals surface area contributed by atoms with Gasteiger partial charge in [0, 0.05) is 13.1 Å². The number of nitrogens with one attached hydrogen (secondary N) is 1. The lowest BCUT2D eigenvalue weighted by molar-refractivity contribution is -0.122. The van der Waals surface area contributed by atoms with Gasteiger partial charge in [-0.25, -0.2) is 18.5 Å². The van der Waals surface area contributed by atoms with Crippen LogP contribution in [0.2, 0.25) is 0 Å². The quantitative estimate of drug-likeness (QED) is 0.421. The van der Waals surface area contributed by atoms with Crippen LogP contribution >= 0.6 is 12.2 Å². The standard InChI is InChI=1S/C22H26N4O5S2/c1-3-24-22(32)25(13-12-15-4-10-18(11-5-15)33(23,29)30)19-14-20(27)26(21(19)28)16-6-8-17(31-2)9-7-16/h4-11,19H,3,12-14H2,1-2H3,(H,24,32)(H2,23,29,30). The molecule has 0 radical (unpaired) electrons. The normalized spacial score (nSPS) is 16.1. The number of primary sulfonamides is 1. The maximum absolute atomic E-state index is 13.3. The number of ether oxygens (including phenoxy) is 1. The number of nitrogens with two attached hydrogens (primary N) is 1. The van der Waals surface area contributed by atoms with Gasteiger partial charge < -0.3 is 15.0 Å². The molecule has 0 aromatic heterocycles. The van der Waals surface area contributed by atoms with E-state index in [0.717, 1.165) is 5.56 Å². The van der Waals surface area contributed by atoms with Gasteiger partial charge in [0.25, 0.3) is 5.91 Å². The first-order valence-electron chi connectivity index (χ1n) is 10.3. The van der Waals surface area contributed by atoms with Crippen molar-refractivity contribution in [1.82, 2.24) is 10.2 Å². The number of thiocarbonyl (C=S) groups is 1. The summed E-state index contributed by atoms with van der Waals surface area (Å²) < 4.78 is 28.1. The molecule has 2 amide bonds. The average molecular weight is 491 g/mol. The van der Waals surface area contributed by atoms with Crippen LogP contribution in [0.3, 0.4) is 0 Å². The molecule has 1 aliphatic heterocycles. The van der Waals surface area contributed by atoms with Gasteiger partial charge in [-0.05, 0) is 67.5 Å². The fraction of sp³-hybridized carbons (Fsp3) is 0.318. The number of nitrogens with zero attached hydrogens (tertiary/aromatic N) is 2. The highest BCUT2D eigenvalue weighted by molar-refractivity contribution is 7.89. The minimum Gasteiger partial charge on any atom is -0.497 e. The molecule has 2 aromatic carbocycles. The number of amides is 2. The highest BCUT2D eigenvalue weighted by atomic mass is 32.2. The van der Waals surface area contributed by atoms with E-state index in [2.05, 4.69) is 5.32 Å². The Labute approximate surface area is 198 Å². The molecule has 3 N–H and O–H groups in total. The molecule has 0 saturated carbocycles. The predicted molar refractivity (Wildman–Crippen MR) is 128 cm³/mol. The molecule has 0 bridgehead atoms. The summed E-state index contributed by atoms with van der Waals surface area (Å²) in [5.74, 6) is -0.0373. The Hall–Kier alpha value is -3.02. The van der Waals surface area contributed by atoms with Crippen molar-refractivity contribution in [3.63, 3.8) is 0 Å². The van der Waals surface area contributed by atoms with Gasteiger partial charge in [0.2, 0.25) is 15.9 Å². The van der Waals surface area contributed by atoms with E-state index in [1.165, 1.54) is 17.0 Å². The summed E-state index contributed by atoms with van der Waals surface area (Å²) in [6.45, 7) is 2.82. The molecule has 0 spiro atoms. The number of hydrogen-bond acceptors (Lipinski definition) is 6. The molecule has 1 heterocycles. The van der Waals surface area contributed by atoms with Crippen molar-refractivity contribution in [3.05, 3.63) is 54.1 Å². The van der Waals surface area contributed by atoms with Crippen LogP contribution in [-0.4, -0.2) is 56.5 Å². The Morgan fingerprint density at radius 1 is 1.18 bits per heavy atom. The summed E-state index contributed by atoms with van der Waals surface area (Å²) in [6, 6.07) is 12.2. The summed E-state index contributed by atoms with van der Waals surface area (Å²) in [7, 11) is -2.23. The SMILES string of the molecule is CCNC(=S)N(CCc1ccc(S(N)(=O)=O)cc1)C1CC(=O)N(c2ccc(OC)cc2)C1=O. The van der Waals surface area contributed by atoms with Crippen molar-refractivity contribution in [2.24, 2.45) is 5.14 Å². The second-order valence-corrected chi connectivity index (χ2v) is 9.40. The molecule has 33 heavy (non-hydrogen) atoms. The van der Waals surface area contributed by atoms with Gasteiger partial charge in [-0.3, -0.25) is 9.59 Å². The van der Waals surface area contributed by atoms with E-state index in [9.17, 15) is 18.0 Å². The number of carbonyl (C=O) groups excluding carboxylic acids is 2. The molecule has 11 heteroatoms. The zero-order valence-electron chi connectivity index (χ0n) is 18.4. The first-order valence-corrected chi connectivity index (χ1v) is 12.3. The summed E-state index contributed by atoms with van der Waals surface area (Å²) in [6.07, 6.45) is 0.484. The summed E-state index contributed by atoms with van der Waals surface area (Å²) in [5, 5.41) is 8.58. The first kappa shape index (κ1) is 24.6. The molecule has 1 saturated heterocycles. The lowest BCUT2D eigenvalue weighted by atomic mass is 10.1. The third-order valence-electron chi connectivity index (χ3n) is 5.31. The van der Waals surface area contributed by atoms with Crippen LogP contribution in [0, 0.1) is 0 Å². The van der Waals surface area contributed by atoms with Crippen molar-refractivity contribution in [2.75, 3.05) is 25.1 Å². The second kappa shape index (κ2) is 10.3. The third kappa shape index (κ3) is 5.67. The van der Waals surface area contributed by atoms with Crippen molar-refractivity contribution in [2.45, 2.75) is 30.7 Å². The van der Waals surface area contributed by atoms with Gasteiger partial charge in [0.15, 0.2) is 5.11 Å². The summed E-state index contributed by atoms with van der Waals surface area (Å²) in [4.78, 5) is 28.9. The monoisotopic (exact) mass is 490 g/mol. The van der Waals surface area contributed by atoms with Gasteiger partial charge in [0.1, 0.15) is 11.8 Å². The molecule has 1 atom stereocenters. The van der Waals surface area contributed by atoms with Gasteiger partial charge in [0.05, 0.1) is 24.1 Å². The van der Waals surface area contributed by atoms with Gasteiger partial charge in [-0.15, -0.1) is 0 Å². The Bertz CT molecular complexity index is 1130. The lowest BCUT2D eigenvalue weighted by Crippen LogP contribution is -2.50. The molecule has 1 aliphatic rings. The van der Waals surface area contributed by atoms with Crippen LogP contribution in [0.25, 0.3) is 0 Å². The molecule has 0 aliphatic carbocycles. The van der Waals surface area contributed by atoms with Crippen LogP contribution in [0.1, 0.15) is 18.9 Å². The van der Waals surface area contributed by atoms with E-state index in [1.807, 2.05) is 6.92 Å². The Morgan fingerprint density at radius 2 is 1.82 bits per heavy atom. The third-order valence-corrected chi connectivity index (χ3v) is 6.62. The molecule has 2 aromatic rings. The predicted octanol–water partition coefficient (Wildman–Crippen LogP) is 1.41. The number of anilines is 1. The minimum absolute atomic E-state index is 0.000746. The molecule has 3 rings (SSSR count). The molecular formula is C22H26N4O5S2. The van der Waals surface area contributed by atoms with Crippen LogP contribution in [0.15, 0.2) is 53.4 Å². The van der Waals surface area contributed by atoms with Crippen molar-refractivity contribution in [1.29, 1.82) is 0 Å². The molecular weight excluding hydrogens is 464 g/mol. The van der Waals surface area contributed by atoms with Gasteiger partial charge in [-0.1, -0.05) is 12.1 Å².